The molecule has 0 radical (unpaired) electrons. The van der Waals surface area contributed by atoms with E-state index in [0.717, 1.165) is 29.5 Å². The van der Waals surface area contributed by atoms with Crippen LogP contribution in [-0.4, -0.2) is 18.5 Å². The highest BCUT2D eigenvalue weighted by atomic mass is 35.5. The molecule has 1 rings (SSSR count). The lowest BCUT2D eigenvalue weighted by atomic mass is 10.2. The standard InChI is InChI=1S/C14H22ClN3/c1-4-11(3)18-14(16-5-2)17-10-12-6-8-13(15)9-7-12/h6-9,11H,4-5,10H2,1-3H3,(H2,16,17,18). The number of benzene rings is 1. The van der Waals surface area contributed by atoms with Crippen LogP contribution in [-0.2, 0) is 6.54 Å². The number of nitrogens with one attached hydrogen (secondary N) is 2. The topological polar surface area (TPSA) is 36.4 Å². The summed E-state index contributed by atoms with van der Waals surface area (Å²) in [4.78, 5) is 4.55. The molecule has 18 heavy (non-hydrogen) atoms. The van der Waals surface area contributed by atoms with E-state index < -0.39 is 0 Å². The maximum absolute atomic E-state index is 5.85. The summed E-state index contributed by atoms with van der Waals surface area (Å²) >= 11 is 5.85. The Morgan fingerprint density at radius 3 is 2.50 bits per heavy atom. The summed E-state index contributed by atoms with van der Waals surface area (Å²) in [5, 5.41) is 7.36. The van der Waals surface area contributed by atoms with Crippen LogP contribution >= 0.6 is 11.6 Å². The maximum atomic E-state index is 5.85. The molecule has 1 unspecified atom stereocenters. The number of halogens is 1. The maximum Gasteiger partial charge on any atom is 0.191 e. The second kappa shape index (κ2) is 7.98. The predicted octanol–water partition coefficient (Wildman–Crippen LogP) is 3.19. The molecule has 0 amide bonds. The molecule has 0 saturated heterocycles. The fourth-order valence-corrected chi connectivity index (χ4v) is 1.54. The summed E-state index contributed by atoms with van der Waals surface area (Å²) in [6.45, 7) is 7.89. The van der Waals surface area contributed by atoms with Crippen molar-refractivity contribution < 1.29 is 0 Å². The quantitative estimate of drug-likeness (QED) is 0.635. The number of hydrogen-bond donors (Lipinski definition) is 2. The van der Waals surface area contributed by atoms with E-state index >= 15 is 0 Å². The number of rotatable bonds is 5. The molecule has 4 heteroatoms. The van der Waals surface area contributed by atoms with Crippen molar-refractivity contribution in [3.8, 4) is 0 Å². The first kappa shape index (κ1) is 14.8. The van der Waals surface area contributed by atoms with Crippen LogP contribution in [0.3, 0.4) is 0 Å². The van der Waals surface area contributed by atoms with Gasteiger partial charge in [-0.3, -0.25) is 0 Å². The third-order valence-electron chi connectivity index (χ3n) is 2.67. The molecule has 0 fully saturated rings. The van der Waals surface area contributed by atoms with Gasteiger partial charge in [-0.25, -0.2) is 4.99 Å². The molecule has 0 spiro atoms. The van der Waals surface area contributed by atoms with Crippen LogP contribution in [0.2, 0.25) is 5.02 Å². The largest absolute Gasteiger partial charge is 0.357 e. The summed E-state index contributed by atoms with van der Waals surface area (Å²) in [6.07, 6.45) is 1.07. The smallest absolute Gasteiger partial charge is 0.191 e. The Bertz CT molecular complexity index is 373. The van der Waals surface area contributed by atoms with Gasteiger partial charge in [0.05, 0.1) is 6.54 Å². The van der Waals surface area contributed by atoms with Crippen molar-refractivity contribution in [3.05, 3.63) is 34.9 Å². The van der Waals surface area contributed by atoms with Gasteiger partial charge >= 0.3 is 0 Å². The molecule has 1 atom stereocenters. The molecule has 0 saturated carbocycles. The third-order valence-corrected chi connectivity index (χ3v) is 2.92. The molecule has 0 bridgehead atoms. The molecule has 2 N–H and O–H groups in total. The SMILES string of the molecule is CCNC(=NCc1ccc(Cl)cc1)NC(C)CC. The molecule has 0 aliphatic rings. The lowest BCUT2D eigenvalue weighted by molar-refractivity contribution is 0.624. The minimum atomic E-state index is 0.424. The van der Waals surface area contributed by atoms with Gasteiger partial charge in [0.2, 0.25) is 0 Å². The van der Waals surface area contributed by atoms with Crippen molar-refractivity contribution in [2.75, 3.05) is 6.54 Å². The van der Waals surface area contributed by atoms with Crippen molar-refractivity contribution in [3.63, 3.8) is 0 Å². The number of guanidine groups is 1. The average Bonchev–Trinajstić information content (AvgIpc) is 2.38. The zero-order valence-electron chi connectivity index (χ0n) is 11.3. The second-order valence-corrected chi connectivity index (χ2v) is 4.71. The van der Waals surface area contributed by atoms with Crippen LogP contribution in [0, 0.1) is 0 Å². The van der Waals surface area contributed by atoms with Crippen molar-refractivity contribution in [2.45, 2.75) is 39.8 Å². The van der Waals surface area contributed by atoms with Gasteiger partial charge in [0, 0.05) is 17.6 Å². The van der Waals surface area contributed by atoms with Crippen LogP contribution < -0.4 is 10.6 Å². The van der Waals surface area contributed by atoms with E-state index in [1.54, 1.807) is 0 Å². The molecular weight excluding hydrogens is 246 g/mol. The van der Waals surface area contributed by atoms with Crippen LogP contribution in [0.4, 0.5) is 0 Å². The highest BCUT2D eigenvalue weighted by Crippen LogP contribution is 2.10. The van der Waals surface area contributed by atoms with E-state index in [4.69, 9.17) is 11.6 Å². The summed E-state index contributed by atoms with van der Waals surface area (Å²) in [5.41, 5.74) is 1.15. The van der Waals surface area contributed by atoms with E-state index in [1.165, 1.54) is 0 Å². The number of nitrogens with zero attached hydrogens (tertiary/aromatic N) is 1. The second-order valence-electron chi connectivity index (χ2n) is 4.28. The minimum absolute atomic E-state index is 0.424. The third kappa shape index (κ3) is 5.41. The summed E-state index contributed by atoms with van der Waals surface area (Å²) in [6, 6.07) is 8.20. The first-order valence-electron chi connectivity index (χ1n) is 6.45. The van der Waals surface area contributed by atoms with E-state index in [2.05, 4.69) is 36.4 Å². The van der Waals surface area contributed by atoms with E-state index in [-0.39, 0.29) is 0 Å². The first-order chi connectivity index (χ1) is 8.65. The Morgan fingerprint density at radius 1 is 1.28 bits per heavy atom. The Hall–Kier alpha value is -1.22. The summed E-state index contributed by atoms with van der Waals surface area (Å²) in [7, 11) is 0. The fourth-order valence-electron chi connectivity index (χ4n) is 1.42. The first-order valence-corrected chi connectivity index (χ1v) is 6.82. The molecule has 1 aromatic carbocycles. The van der Waals surface area contributed by atoms with E-state index in [0.29, 0.717) is 12.6 Å². The van der Waals surface area contributed by atoms with Crippen molar-refractivity contribution >= 4 is 17.6 Å². The fraction of sp³-hybridized carbons (Fsp3) is 0.500. The van der Waals surface area contributed by atoms with Gasteiger partial charge < -0.3 is 10.6 Å². The van der Waals surface area contributed by atoms with Gasteiger partial charge in [-0.05, 0) is 38.0 Å². The Labute approximate surface area is 115 Å². The Morgan fingerprint density at radius 2 is 1.94 bits per heavy atom. The van der Waals surface area contributed by atoms with Crippen molar-refractivity contribution in [1.29, 1.82) is 0 Å². The summed E-state index contributed by atoms with van der Waals surface area (Å²) in [5.74, 6) is 0.863. The average molecular weight is 268 g/mol. The van der Waals surface area contributed by atoms with Crippen LogP contribution in [0.15, 0.2) is 29.3 Å². The minimum Gasteiger partial charge on any atom is -0.357 e. The van der Waals surface area contributed by atoms with Crippen LogP contribution in [0.5, 0.6) is 0 Å². The van der Waals surface area contributed by atoms with Crippen LogP contribution in [0.1, 0.15) is 32.8 Å². The monoisotopic (exact) mass is 267 g/mol. The molecule has 0 aliphatic heterocycles. The lowest BCUT2D eigenvalue weighted by Crippen LogP contribution is -2.41. The van der Waals surface area contributed by atoms with Crippen molar-refractivity contribution in [2.24, 2.45) is 4.99 Å². The molecular formula is C14H22ClN3. The molecule has 0 aromatic heterocycles. The van der Waals surface area contributed by atoms with Gasteiger partial charge in [-0.2, -0.15) is 0 Å². The highest BCUT2D eigenvalue weighted by molar-refractivity contribution is 6.30. The van der Waals surface area contributed by atoms with Gasteiger partial charge in [0.15, 0.2) is 5.96 Å². The zero-order valence-corrected chi connectivity index (χ0v) is 12.1. The molecule has 100 valence electrons. The van der Waals surface area contributed by atoms with Crippen molar-refractivity contribution in [1.82, 2.24) is 10.6 Å². The van der Waals surface area contributed by atoms with Crippen LogP contribution in [0.25, 0.3) is 0 Å². The molecule has 0 aliphatic carbocycles. The van der Waals surface area contributed by atoms with E-state index in [1.807, 2.05) is 24.3 Å². The Balaban J connectivity index is 2.61. The van der Waals surface area contributed by atoms with Gasteiger partial charge in [-0.1, -0.05) is 30.7 Å². The molecule has 3 nitrogen and oxygen atoms in total. The highest BCUT2D eigenvalue weighted by Gasteiger charge is 2.02. The zero-order chi connectivity index (χ0) is 13.4. The lowest BCUT2D eigenvalue weighted by Gasteiger charge is -2.16. The predicted molar refractivity (Wildman–Crippen MR) is 79.2 cm³/mol. The summed E-state index contributed by atoms with van der Waals surface area (Å²) < 4.78 is 0. The number of aliphatic imine (C=N–C) groups is 1. The number of hydrogen-bond acceptors (Lipinski definition) is 1. The van der Waals surface area contributed by atoms with Gasteiger partial charge in [-0.15, -0.1) is 0 Å². The Kier molecular flexibility index (Phi) is 6.58. The molecule has 1 aromatic rings. The van der Waals surface area contributed by atoms with E-state index in [9.17, 15) is 0 Å². The van der Waals surface area contributed by atoms with Gasteiger partial charge in [0.25, 0.3) is 0 Å². The van der Waals surface area contributed by atoms with Gasteiger partial charge in [0.1, 0.15) is 0 Å². The normalized spacial score (nSPS) is 13.2. The molecule has 0 heterocycles.